The molecule has 0 aliphatic heterocycles. The van der Waals surface area contributed by atoms with Gasteiger partial charge in [-0.2, -0.15) is 0 Å². The van der Waals surface area contributed by atoms with Gasteiger partial charge in [0, 0.05) is 24.1 Å². The normalized spacial score (nSPS) is 10.1. The van der Waals surface area contributed by atoms with E-state index in [0.29, 0.717) is 30.5 Å². The molecule has 0 fully saturated rings. The Morgan fingerprint density at radius 2 is 1.52 bits per heavy atom. The van der Waals surface area contributed by atoms with Crippen molar-refractivity contribution in [3.05, 3.63) is 71.3 Å². The summed E-state index contributed by atoms with van der Waals surface area (Å²) in [5.74, 6) is 0.0767. The first kappa shape index (κ1) is 15.0. The van der Waals surface area contributed by atoms with Crippen molar-refractivity contribution in [3.63, 3.8) is 0 Å². The standard InChI is InChI=1S/C18H19NO2/c1-2-19-17(20)13-10-14-8-11-16(12-9-14)18(21)15-6-4-3-5-7-15/h3-9,11-12H,2,10,13H2,1H3,(H,19,20). The van der Waals surface area contributed by atoms with Crippen LogP contribution in [-0.2, 0) is 11.2 Å². The smallest absolute Gasteiger partial charge is 0.220 e. The molecule has 0 unspecified atom stereocenters. The van der Waals surface area contributed by atoms with E-state index in [9.17, 15) is 9.59 Å². The van der Waals surface area contributed by atoms with Crippen molar-refractivity contribution in [3.8, 4) is 0 Å². The van der Waals surface area contributed by atoms with Crippen LogP contribution in [0, 0.1) is 0 Å². The molecule has 2 aromatic carbocycles. The Morgan fingerprint density at radius 1 is 0.905 bits per heavy atom. The molecule has 0 bridgehead atoms. The largest absolute Gasteiger partial charge is 0.356 e. The van der Waals surface area contributed by atoms with Gasteiger partial charge in [-0.15, -0.1) is 0 Å². The van der Waals surface area contributed by atoms with Gasteiger partial charge in [-0.25, -0.2) is 0 Å². The fourth-order valence-corrected chi connectivity index (χ4v) is 2.12. The Hall–Kier alpha value is -2.42. The summed E-state index contributed by atoms with van der Waals surface area (Å²) in [6, 6.07) is 16.7. The van der Waals surface area contributed by atoms with E-state index in [-0.39, 0.29) is 11.7 Å². The third-order valence-corrected chi connectivity index (χ3v) is 3.27. The fourth-order valence-electron chi connectivity index (χ4n) is 2.12. The predicted octanol–water partition coefficient (Wildman–Crippen LogP) is 2.99. The molecule has 3 heteroatoms. The lowest BCUT2D eigenvalue weighted by Gasteiger charge is -2.05. The molecule has 0 radical (unpaired) electrons. The highest BCUT2D eigenvalue weighted by Crippen LogP contribution is 2.12. The summed E-state index contributed by atoms with van der Waals surface area (Å²) in [5.41, 5.74) is 2.42. The Bertz CT molecular complexity index is 603. The number of ketones is 1. The predicted molar refractivity (Wildman–Crippen MR) is 83.3 cm³/mol. The number of nitrogens with one attached hydrogen (secondary N) is 1. The molecular weight excluding hydrogens is 262 g/mol. The third kappa shape index (κ3) is 4.28. The topological polar surface area (TPSA) is 46.2 Å². The molecule has 21 heavy (non-hydrogen) atoms. The number of rotatable bonds is 6. The van der Waals surface area contributed by atoms with Crippen LogP contribution in [0.1, 0.15) is 34.8 Å². The summed E-state index contributed by atoms with van der Waals surface area (Å²) < 4.78 is 0. The SMILES string of the molecule is CCNC(=O)CCc1ccc(C(=O)c2ccccc2)cc1. The van der Waals surface area contributed by atoms with Gasteiger partial charge in [-0.05, 0) is 18.9 Å². The number of amides is 1. The second-order valence-corrected chi connectivity index (χ2v) is 4.85. The molecule has 0 aliphatic rings. The second kappa shape index (κ2) is 7.39. The maximum absolute atomic E-state index is 12.2. The van der Waals surface area contributed by atoms with Crippen LogP contribution in [0.5, 0.6) is 0 Å². The quantitative estimate of drug-likeness (QED) is 0.827. The highest BCUT2D eigenvalue weighted by Gasteiger charge is 2.08. The van der Waals surface area contributed by atoms with Crippen LogP contribution in [0.15, 0.2) is 54.6 Å². The zero-order chi connectivity index (χ0) is 15.1. The molecule has 0 heterocycles. The van der Waals surface area contributed by atoms with E-state index in [4.69, 9.17) is 0 Å². The van der Waals surface area contributed by atoms with Crippen LogP contribution in [0.25, 0.3) is 0 Å². The summed E-state index contributed by atoms with van der Waals surface area (Å²) in [6.07, 6.45) is 1.16. The van der Waals surface area contributed by atoms with Crippen molar-refractivity contribution >= 4 is 11.7 Å². The molecule has 2 rings (SSSR count). The van der Waals surface area contributed by atoms with Gasteiger partial charge in [-0.1, -0.05) is 54.6 Å². The summed E-state index contributed by atoms with van der Waals surface area (Å²) in [6.45, 7) is 2.56. The zero-order valence-corrected chi connectivity index (χ0v) is 12.1. The molecule has 3 nitrogen and oxygen atoms in total. The first-order valence-electron chi connectivity index (χ1n) is 7.16. The number of carbonyl (C=O) groups is 2. The molecule has 108 valence electrons. The molecule has 2 aromatic rings. The fraction of sp³-hybridized carbons (Fsp3) is 0.222. The number of aryl methyl sites for hydroxylation is 1. The molecular formula is C18H19NO2. The molecule has 0 saturated heterocycles. The Balaban J connectivity index is 1.99. The minimum Gasteiger partial charge on any atom is -0.356 e. The van der Waals surface area contributed by atoms with Crippen molar-refractivity contribution < 1.29 is 9.59 Å². The first-order chi connectivity index (χ1) is 10.2. The summed E-state index contributed by atoms with van der Waals surface area (Å²) in [7, 11) is 0. The van der Waals surface area contributed by atoms with E-state index in [2.05, 4.69) is 5.32 Å². The van der Waals surface area contributed by atoms with Crippen molar-refractivity contribution in [1.82, 2.24) is 5.32 Å². The van der Waals surface area contributed by atoms with Crippen LogP contribution in [-0.4, -0.2) is 18.2 Å². The lowest BCUT2D eigenvalue weighted by atomic mass is 10.0. The van der Waals surface area contributed by atoms with Crippen LogP contribution >= 0.6 is 0 Å². The van der Waals surface area contributed by atoms with Crippen molar-refractivity contribution in [2.24, 2.45) is 0 Å². The highest BCUT2D eigenvalue weighted by atomic mass is 16.1. The van der Waals surface area contributed by atoms with E-state index in [1.807, 2.05) is 61.5 Å². The van der Waals surface area contributed by atoms with Gasteiger partial charge < -0.3 is 5.32 Å². The molecule has 0 saturated carbocycles. The molecule has 0 atom stereocenters. The minimum absolute atomic E-state index is 0.0193. The van der Waals surface area contributed by atoms with Gasteiger partial charge in [0.1, 0.15) is 0 Å². The van der Waals surface area contributed by atoms with Crippen molar-refractivity contribution in [1.29, 1.82) is 0 Å². The Morgan fingerprint density at radius 3 is 2.14 bits per heavy atom. The molecule has 1 amide bonds. The maximum atomic E-state index is 12.2. The highest BCUT2D eigenvalue weighted by molar-refractivity contribution is 6.08. The van der Waals surface area contributed by atoms with Crippen LogP contribution in [0.2, 0.25) is 0 Å². The van der Waals surface area contributed by atoms with Crippen LogP contribution < -0.4 is 5.32 Å². The molecule has 1 N–H and O–H groups in total. The number of hydrogen-bond acceptors (Lipinski definition) is 2. The molecule has 0 aliphatic carbocycles. The van der Waals surface area contributed by atoms with Crippen molar-refractivity contribution in [2.75, 3.05) is 6.54 Å². The number of carbonyl (C=O) groups excluding carboxylic acids is 2. The maximum Gasteiger partial charge on any atom is 0.220 e. The van der Waals surface area contributed by atoms with Gasteiger partial charge >= 0.3 is 0 Å². The van der Waals surface area contributed by atoms with Gasteiger partial charge in [0.2, 0.25) is 5.91 Å². The van der Waals surface area contributed by atoms with Crippen molar-refractivity contribution in [2.45, 2.75) is 19.8 Å². The summed E-state index contributed by atoms with van der Waals surface area (Å²) in [4.78, 5) is 23.7. The zero-order valence-electron chi connectivity index (χ0n) is 12.1. The summed E-state index contributed by atoms with van der Waals surface area (Å²) >= 11 is 0. The lowest BCUT2D eigenvalue weighted by Crippen LogP contribution is -2.22. The van der Waals surface area contributed by atoms with E-state index in [1.54, 1.807) is 0 Å². The van der Waals surface area contributed by atoms with Crippen LogP contribution in [0.3, 0.4) is 0 Å². The summed E-state index contributed by atoms with van der Waals surface area (Å²) in [5, 5.41) is 2.77. The monoisotopic (exact) mass is 281 g/mol. The third-order valence-electron chi connectivity index (χ3n) is 3.27. The van der Waals surface area contributed by atoms with Gasteiger partial charge in [0.15, 0.2) is 5.78 Å². The number of benzene rings is 2. The lowest BCUT2D eigenvalue weighted by molar-refractivity contribution is -0.120. The van der Waals surface area contributed by atoms with E-state index < -0.39 is 0 Å². The molecule has 0 aromatic heterocycles. The average Bonchev–Trinajstić information content (AvgIpc) is 2.54. The van der Waals surface area contributed by atoms with Gasteiger partial charge in [-0.3, -0.25) is 9.59 Å². The Labute approximate surface area is 125 Å². The minimum atomic E-state index is 0.0193. The average molecular weight is 281 g/mol. The van der Waals surface area contributed by atoms with Gasteiger partial charge in [0.05, 0.1) is 0 Å². The van der Waals surface area contributed by atoms with Gasteiger partial charge in [0.25, 0.3) is 0 Å². The first-order valence-corrected chi connectivity index (χ1v) is 7.16. The van der Waals surface area contributed by atoms with Crippen LogP contribution in [0.4, 0.5) is 0 Å². The van der Waals surface area contributed by atoms with E-state index in [0.717, 1.165) is 5.56 Å². The van der Waals surface area contributed by atoms with E-state index in [1.165, 1.54) is 0 Å². The molecule has 0 spiro atoms. The number of hydrogen-bond donors (Lipinski definition) is 1. The second-order valence-electron chi connectivity index (χ2n) is 4.85. The Kier molecular flexibility index (Phi) is 5.27. The van der Waals surface area contributed by atoms with E-state index >= 15 is 0 Å².